The highest BCUT2D eigenvalue weighted by atomic mass is 32.2. The molecular weight excluding hydrogens is 304 g/mol. The van der Waals surface area contributed by atoms with Gasteiger partial charge >= 0.3 is 5.97 Å². The van der Waals surface area contributed by atoms with Crippen LogP contribution in [-0.4, -0.2) is 19.5 Å². The molecule has 0 aromatic heterocycles. The Labute approximate surface area is 118 Å². The highest BCUT2D eigenvalue weighted by Crippen LogP contribution is 2.22. The number of carbonyl (C=O) groups is 1. The number of carboxylic acids is 1. The minimum Gasteiger partial charge on any atom is -0.478 e. The van der Waals surface area contributed by atoms with Gasteiger partial charge in [0.05, 0.1) is 11.3 Å². The minimum atomic E-state index is -4.32. The fourth-order valence-electron chi connectivity index (χ4n) is 1.64. The Balaban J connectivity index is 2.47. The summed E-state index contributed by atoms with van der Waals surface area (Å²) >= 11 is 0. The molecule has 2 aromatic carbocycles. The Morgan fingerprint density at radius 3 is 2.38 bits per heavy atom. The normalized spacial score (nSPS) is 11.1. The second-order valence-electron chi connectivity index (χ2n) is 4.03. The minimum absolute atomic E-state index is 0.354. The second-order valence-corrected chi connectivity index (χ2v) is 5.68. The summed E-state index contributed by atoms with van der Waals surface area (Å²) in [5, 5.41) is 8.94. The van der Waals surface area contributed by atoms with Crippen molar-refractivity contribution >= 4 is 21.7 Å². The van der Waals surface area contributed by atoms with Crippen molar-refractivity contribution in [3.8, 4) is 0 Å². The molecule has 0 aliphatic rings. The number of sulfonamides is 1. The Hall–Kier alpha value is -2.48. The van der Waals surface area contributed by atoms with Gasteiger partial charge in [-0.3, -0.25) is 4.72 Å². The van der Waals surface area contributed by atoms with Gasteiger partial charge in [0.25, 0.3) is 10.0 Å². The van der Waals surface area contributed by atoms with Gasteiger partial charge in [-0.15, -0.1) is 0 Å². The molecular formula is C13H9F2NO4S. The van der Waals surface area contributed by atoms with Crippen LogP contribution in [0.15, 0.2) is 47.4 Å². The first-order valence-corrected chi connectivity index (χ1v) is 7.10. The Bertz CT molecular complexity index is 806. The van der Waals surface area contributed by atoms with Crippen LogP contribution in [0.3, 0.4) is 0 Å². The van der Waals surface area contributed by atoms with Gasteiger partial charge in [-0.25, -0.2) is 22.0 Å². The van der Waals surface area contributed by atoms with Gasteiger partial charge < -0.3 is 5.11 Å². The maximum atomic E-state index is 13.5. The molecule has 0 heterocycles. The van der Waals surface area contributed by atoms with Crippen LogP contribution in [0.4, 0.5) is 14.5 Å². The molecule has 0 bridgehead atoms. The van der Waals surface area contributed by atoms with E-state index in [1.54, 1.807) is 0 Å². The van der Waals surface area contributed by atoms with Crippen LogP contribution in [0.2, 0.25) is 0 Å². The molecule has 8 heteroatoms. The summed E-state index contributed by atoms with van der Waals surface area (Å²) in [5.74, 6) is -3.33. The molecule has 110 valence electrons. The highest BCUT2D eigenvalue weighted by Gasteiger charge is 2.21. The van der Waals surface area contributed by atoms with E-state index < -0.39 is 38.1 Å². The number of nitrogens with one attached hydrogen (secondary N) is 1. The molecule has 2 rings (SSSR count). The molecule has 0 unspecified atom stereocenters. The summed E-state index contributed by atoms with van der Waals surface area (Å²) in [7, 11) is -4.32. The Morgan fingerprint density at radius 1 is 1.10 bits per heavy atom. The lowest BCUT2D eigenvalue weighted by Crippen LogP contribution is -2.17. The van der Waals surface area contributed by atoms with Gasteiger partial charge in [0, 0.05) is 0 Å². The van der Waals surface area contributed by atoms with Crippen molar-refractivity contribution in [3.05, 3.63) is 59.7 Å². The molecule has 0 atom stereocenters. The molecule has 0 spiro atoms. The van der Waals surface area contributed by atoms with Crippen LogP contribution >= 0.6 is 0 Å². The van der Waals surface area contributed by atoms with E-state index in [2.05, 4.69) is 0 Å². The summed E-state index contributed by atoms with van der Waals surface area (Å²) < 4.78 is 52.6. The van der Waals surface area contributed by atoms with Crippen molar-refractivity contribution in [1.82, 2.24) is 0 Å². The van der Waals surface area contributed by atoms with Crippen LogP contribution in [0.1, 0.15) is 10.4 Å². The van der Waals surface area contributed by atoms with Crippen LogP contribution in [0.5, 0.6) is 0 Å². The second kappa shape index (κ2) is 5.49. The van der Waals surface area contributed by atoms with E-state index in [1.165, 1.54) is 12.1 Å². The first kappa shape index (κ1) is 14.9. The summed E-state index contributed by atoms with van der Waals surface area (Å²) in [6.07, 6.45) is 0. The van der Waals surface area contributed by atoms with Crippen LogP contribution in [0, 0.1) is 11.6 Å². The Kier molecular flexibility index (Phi) is 3.90. The molecule has 0 fully saturated rings. The number of rotatable bonds is 4. The number of anilines is 1. The van der Waals surface area contributed by atoms with Gasteiger partial charge in [-0.2, -0.15) is 0 Å². The van der Waals surface area contributed by atoms with Crippen molar-refractivity contribution in [3.63, 3.8) is 0 Å². The average Bonchev–Trinajstić information content (AvgIpc) is 2.40. The van der Waals surface area contributed by atoms with Crippen molar-refractivity contribution in [2.45, 2.75) is 4.90 Å². The lowest BCUT2D eigenvalue weighted by molar-refractivity contribution is 0.0697. The standard InChI is InChI=1S/C13H9F2NO4S/c14-8-5-6-11(9(7-8)13(17)18)16-21(19,20)12-4-2-1-3-10(12)15/h1-7,16H,(H,17,18). The molecule has 0 saturated heterocycles. The van der Waals surface area contributed by atoms with E-state index >= 15 is 0 Å². The number of hydrogen-bond donors (Lipinski definition) is 2. The van der Waals surface area contributed by atoms with E-state index in [0.717, 1.165) is 24.3 Å². The zero-order valence-electron chi connectivity index (χ0n) is 10.4. The number of hydrogen-bond acceptors (Lipinski definition) is 3. The maximum Gasteiger partial charge on any atom is 0.337 e. The third-order valence-corrected chi connectivity index (χ3v) is 3.98. The average molecular weight is 313 g/mol. The quantitative estimate of drug-likeness (QED) is 0.908. The number of aromatic carboxylic acids is 1. The van der Waals surface area contributed by atoms with Crippen molar-refractivity contribution in [2.24, 2.45) is 0 Å². The third kappa shape index (κ3) is 3.16. The maximum absolute atomic E-state index is 13.5. The first-order valence-electron chi connectivity index (χ1n) is 5.61. The first-order chi connectivity index (χ1) is 9.81. The van der Waals surface area contributed by atoms with Crippen molar-refractivity contribution in [2.75, 3.05) is 4.72 Å². The van der Waals surface area contributed by atoms with Crippen LogP contribution < -0.4 is 4.72 Å². The van der Waals surface area contributed by atoms with E-state index in [-0.39, 0.29) is 5.69 Å². The van der Waals surface area contributed by atoms with Crippen molar-refractivity contribution in [1.29, 1.82) is 0 Å². The monoisotopic (exact) mass is 313 g/mol. The van der Waals surface area contributed by atoms with Gasteiger partial charge in [0.2, 0.25) is 0 Å². The fraction of sp³-hybridized carbons (Fsp3) is 0. The van der Waals surface area contributed by atoms with Crippen LogP contribution in [-0.2, 0) is 10.0 Å². The molecule has 0 aliphatic carbocycles. The lowest BCUT2D eigenvalue weighted by atomic mass is 10.2. The molecule has 2 aromatic rings. The molecule has 21 heavy (non-hydrogen) atoms. The fourth-order valence-corrected chi connectivity index (χ4v) is 2.80. The number of benzene rings is 2. The smallest absolute Gasteiger partial charge is 0.337 e. The Morgan fingerprint density at radius 2 is 1.76 bits per heavy atom. The summed E-state index contributed by atoms with van der Waals surface area (Å²) in [6.45, 7) is 0. The molecule has 2 N–H and O–H groups in total. The molecule has 0 amide bonds. The third-order valence-electron chi connectivity index (χ3n) is 2.58. The largest absolute Gasteiger partial charge is 0.478 e. The number of carboxylic acid groups (broad SMARTS) is 1. The number of halogens is 2. The van der Waals surface area contributed by atoms with Gasteiger partial charge in [0.15, 0.2) is 0 Å². The van der Waals surface area contributed by atoms with E-state index in [9.17, 15) is 22.0 Å². The zero-order chi connectivity index (χ0) is 15.6. The molecule has 0 radical (unpaired) electrons. The predicted octanol–water partition coefficient (Wildman–Crippen LogP) is 2.46. The lowest BCUT2D eigenvalue weighted by Gasteiger charge is -2.11. The van der Waals surface area contributed by atoms with Gasteiger partial charge in [-0.05, 0) is 30.3 Å². The summed E-state index contributed by atoms with van der Waals surface area (Å²) in [5.41, 5.74) is -0.929. The molecule has 0 saturated carbocycles. The summed E-state index contributed by atoms with van der Waals surface area (Å²) in [6, 6.07) is 7.14. The molecule has 5 nitrogen and oxygen atoms in total. The van der Waals surface area contributed by atoms with E-state index in [1.807, 2.05) is 4.72 Å². The van der Waals surface area contributed by atoms with E-state index in [0.29, 0.717) is 6.07 Å². The van der Waals surface area contributed by atoms with Crippen LogP contribution in [0.25, 0.3) is 0 Å². The van der Waals surface area contributed by atoms with E-state index in [4.69, 9.17) is 5.11 Å². The van der Waals surface area contributed by atoms with Crippen molar-refractivity contribution < 1.29 is 27.1 Å². The predicted molar refractivity (Wildman–Crippen MR) is 70.6 cm³/mol. The topological polar surface area (TPSA) is 83.5 Å². The zero-order valence-corrected chi connectivity index (χ0v) is 11.2. The molecule has 0 aliphatic heterocycles. The van der Waals surface area contributed by atoms with Gasteiger partial charge in [-0.1, -0.05) is 12.1 Å². The highest BCUT2D eigenvalue weighted by molar-refractivity contribution is 7.92. The SMILES string of the molecule is O=C(O)c1cc(F)ccc1NS(=O)(=O)c1ccccc1F. The summed E-state index contributed by atoms with van der Waals surface area (Å²) in [4.78, 5) is 10.4. The van der Waals surface area contributed by atoms with Gasteiger partial charge in [0.1, 0.15) is 16.5 Å².